The normalized spacial score (nSPS) is 11.1. The van der Waals surface area contributed by atoms with Crippen LogP contribution in [0.15, 0.2) is 0 Å². The summed E-state index contributed by atoms with van der Waals surface area (Å²) < 4.78 is 0. The van der Waals surface area contributed by atoms with E-state index in [1.54, 1.807) is 0 Å². The van der Waals surface area contributed by atoms with Gasteiger partial charge in [-0.3, -0.25) is 4.79 Å². The molecule has 0 radical (unpaired) electrons. The molecule has 0 aromatic heterocycles. The quantitative estimate of drug-likeness (QED) is 0.282. The molecule has 19 heavy (non-hydrogen) atoms. The third-order valence-corrected chi connectivity index (χ3v) is 5.55. The van der Waals surface area contributed by atoms with Crippen molar-refractivity contribution in [1.82, 2.24) is 0 Å². The molecule has 2 aromatic rings. The lowest BCUT2D eigenvalue weighted by Gasteiger charge is -2.14. The highest BCUT2D eigenvalue weighted by Crippen LogP contribution is 2.50. The van der Waals surface area contributed by atoms with Gasteiger partial charge in [-0.05, 0) is 0 Å². The van der Waals surface area contributed by atoms with Crippen LogP contribution < -0.4 is 0 Å². The molecule has 0 heterocycles. The second-order valence-electron chi connectivity index (χ2n) is 3.48. The van der Waals surface area contributed by atoms with Crippen LogP contribution in [0.5, 0.6) is 0 Å². The summed E-state index contributed by atoms with van der Waals surface area (Å²) in [6.45, 7) is 0. The van der Waals surface area contributed by atoms with E-state index in [0.717, 1.165) is 0 Å². The maximum Gasteiger partial charge on any atom is 0.153 e. The number of fused-ring (bicyclic) bond motifs is 1. The number of aldehydes is 1. The van der Waals surface area contributed by atoms with Gasteiger partial charge in [0.15, 0.2) is 6.29 Å². The fraction of sp³-hybridized carbons (Fsp3) is 0. The highest BCUT2D eigenvalue weighted by Gasteiger charge is 2.24. The number of rotatable bonds is 1. The molecule has 0 atom stereocenters. The topological polar surface area (TPSA) is 17.1 Å². The summed E-state index contributed by atoms with van der Waals surface area (Å²) in [6, 6.07) is 0. The average molecular weight is 397 g/mol. The molecule has 0 unspecified atom stereocenters. The fourth-order valence-electron chi connectivity index (χ4n) is 1.61. The van der Waals surface area contributed by atoms with E-state index < -0.39 is 0 Å². The molecule has 2 rings (SSSR count). The molecule has 0 aliphatic carbocycles. The predicted octanol–water partition coefficient (Wildman–Crippen LogP) is 7.23. The van der Waals surface area contributed by atoms with Crippen LogP contribution in [0.4, 0.5) is 0 Å². The Bertz CT molecular complexity index is 724. The monoisotopic (exact) mass is 394 g/mol. The molecular formula is C11HCl7O. The largest absolute Gasteiger partial charge is 0.298 e. The molecule has 0 N–H and O–H groups in total. The molecule has 0 saturated heterocycles. The fourth-order valence-corrected chi connectivity index (χ4v) is 3.65. The van der Waals surface area contributed by atoms with E-state index in [4.69, 9.17) is 81.2 Å². The summed E-state index contributed by atoms with van der Waals surface area (Å²) in [5.41, 5.74) is 0.0113. The molecule has 0 bridgehead atoms. The van der Waals surface area contributed by atoms with Gasteiger partial charge in [0.1, 0.15) is 0 Å². The van der Waals surface area contributed by atoms with E-state index in [0.29, 0.717) is 6.29 Å². The number of halogens is 7. The Morgan fingerprint density at radius 3 is 1.32 bits per heavy atom. The van der Waals surface area contributed by atoms with Crippen molar-refractivity contribution in [2.75, 3.05) is 0 Å². The number of benzene rings is 2. The third kappa shape index (κ3) is 2.30. The SMILES string of the molecule is O=Cc1c(Cl)c(Cl)c2c(Cl)c(Cl)c(Cl)c(Cl)c2c1Cl. The van der Waals surface area contributed by atoms with Crippen molar-refractivity contribution in [2.24, 2.45) is 0 Å². The highest BCUT2D eigenvalue weighted by molar-refractivity contribution is 6.60. The standard InChI is InChI=1S/C11HCl7O/c12-5-2(1-19)6(13)7(14)4-3(5)8(15)10(17)11(18)9(4)16/h1H. The number of hydrogen-bond donors (Lipinski definition) is 0. The Hall–Kier alpha value is 0.400. The lowest BCUT2D eigenvalue weighted by molar-refractivity contribution is 0.112. The second kappa shape index (κ2) is 5.65. The molecule has 0 fully saturated rings. The molecule has 2 aromatic carbocycles. The number of carbonyl (C=O) groups excluding carboxylic acids is 1. The third-order valence-electron chi connectivity index (χ3n) is 2.49. The minimum absolute atomic E-state index is 0.0113. The summed E-state index contributed by atoms with van der Waals surface area (Å²) in [4.78, 5) is 11.0. The summed E-state index contributed by atoms with van der Waals surface area (Å²) in [6.07, 6.45) is 0.475. The molecule has 0 amide bonds. The van der Waals surface area contributed by atoms with Crippen molar-refractivity contribution in [3.63, 3.8) is 0 Å². The maximum atomic E-state index is 11.0. The van der Waals surface area contributed by atoms with Crippen molar-refractivity contribution < 1.29 is 4.79 Å². The van der Waals surface area contributed by atoms with E-state index in [1.807, 2.05) is 0 Å². The Balaban J connectivity index is 3.22. The van der Waals surface area contributed by atoms with Crippen LogP contribution in [0.3, 0.4) is 0 Å². The number of carbonyl (C=O) groups is 1. The Labute approximate surface area is 143 Å². The molecular weight excluding hydrogens is 396 g/mol. The van der Waals surface area contributed by atoms with Crippen molar-refractivity contribution in [2.45, 2.75) is 0 Å². The lowest BCUT2D eigenvalue weighted by Crippen LogP contribution is -1.92. The van der Waals surface area contributed by atoms with Crippen LogP contribution in [0.1, 0.15) is 10.4 Å². The van der Waals surface area contributed by atoms with Gasteiger partial charge in [0.25, 0.3) is 0 Å². The molecule has 0 aliphatic rings. The van der Waals surface area contributed by atoms with E-state index in [9.17, 15) is 4.79 Å². The Kier molecular flexibility index (Phi) is 4.69. The summed E-state index contributed by atoms with van der Waals surface area (Å²) in [5, 5.41) is 0.702. The van der Waals surface area contributed by atoms with Crippen molar-refractivity contribution in [3.05, 3.63) is 40.7 Å². The van der Waals surface area contributed by atoms with Gasteiger partial charge in [-0.2, -0.15) is 0 Å². The first-order valence-electron chi connectivity index (χ1n) is 4.60. The predicted molar refractivity (Wildman–Crippen MR) is 84.4 cm³/mol. The molecule has 0 aliphatic heterocycles. The first kappa shape index (κ1) is 15.8. The number of hydrogen-bond acceptors (Lipinski definition) is 1. The van der Waals surface area contributed by atoms with Gasteiger partial charge < -0.3 is 0 Å². The molecule has 100 valence electrons. The first-order chi connectivity index (χ1) is 8.82. The first-order valence-corrected chi connectivity index (χ1v) is 7.24. The minimum Gasteiger partial charge on any atom is -0.298 e. The van der Waals surface area contributed by atoms with Crippen LogP contribution in [0.25, 0.3) is 10.8 Å². The summed E-state index contributed by atoms with van der Waals surface area (Å²) in [5.74, 6) is 0. The highest BCUT2D eigenvalue weighted by atomic mass is 35.5. The van der Waals surface area contributed by atoms with E-state index >= 15 is 0 Å². The zero-order valence-electron chi connectivity index (χ0n) is 8.63. The van der Waals surface area contributed by atoms with Crippen molar-refractivity contribution in [1.29, 1.82) is 0 Å². The molecule has 0 spiro atoms. The zero-order chi connectivity index (χ0) is 14.5. The van der Waals surface area contributed by atoms with Crippen LogP contribution in [-0.4, -0.2) is 6.29 Å². The van der Waals surface area contributed by atoms with Gasteiger partial charge in [-0.25, -0.2) is 0 Å². The minimum atomic E-state index is -0.0227. The molecule has 1 nitrogen and oxygen atoms in total. The van der Waals surface area contributed by atoms with Crippen LogP contribution in [0, 0.1) is 0 Å². The zero-order valence-corrected chi connectivity index (χ0v) is 13.9. The molecule has 8 heteroatoms. The van der Waals surface area contributed by atoms with Crippen LogP contribution in [-0.2, 0) is 0 Å². The van der Waals surface area contributed by atoms with Crippen LogP contribution in [0.2, 0.25) is 35.2 Å². The van der Waals surface area contributed by atoms with Gasteiger partial charge in [-0.1, -0.05) is 81.2 Å². The lowest BCUT2D eigenvalue weighted by atomic mass is 10.1. The van der Waals surface area contributed by atoms with Gasteiger partial charge in [-0.15, -0.1) is 0 Å². The van der Waals surface area contributed by atoms with E-state index in [2.05, 4.69) is 0 Å². The molecule has 0 saturated carbocycles. The van der Waals surface area contributed by atoms with E-state index in [1.165, 1.54) is 0 Å². The Morgan fingerprint density at radius 2 is 0.895 bits per heavy atom. The van der Waals surface area contributed by atoms with Gasteiger partial charge in [0.2, 0.25) is 0 Å². The summed E-state index contributed by atoms with van der Waals surface area (Å²) >= 11 is 42.2. The second-order valence-corrected chi connectivity index (χ2v) is 6.13. The van der Waals surface area contributed by atoms with Crippen molar-refractivity contribution in [3.8, 4) is 0 Å². The van der Waals surface area contributed by atoms with Crippen LogP contribution >= 0.6 is 81.2 Å². The Morgan fingerprint density at radius 1 is 0.526 bits per heavy atom. The van der Waals surface area contributed by atoms with Gasteiger partial charge in [0, 0.05) is 10.8 Å². The van der Waals surface area contributed by atoms with Gasteiger partial charge in [0.05, 0.1) is 40.7 Å². The van der Waals surface area contributed by atoms with Crippen molar-refractivity contribution >= 4 is 98.3 Å². The summed E-state index contributed by atoms with van der Waals surface area (Å²) in [7, 11) is 0. The smallest absolute Gasteiger partial charge is 0.153 e. The van der Waals surface area contributed by atoms with E-state index in [-0.39, 0.29) is 51.5 Å². The average Bonchev–Trinajstić information content (AvgIpc) is 2.38. The maximum absolute atomic E-state index is 11.0. The van der Waals surface area contributed by atoms with Gasteiger partial charge >= 0.3 is 0 Å².